The van der Waals surface area contributed by atoms with Gasteiger partial charge in [0.15, 0.2) is 0 Å². The molecule has 0 aliphatic carbocycles. The van der Waals surface area contributed by atoms with Crippen LogP contribution in [0.3, 0.4) is 0 Å². The molecule has 0 spiro atoms. The zero-order valence-corrected chi connectivity index (χ0v) is 25.6. The lowest BCUT2D eigenvalue weighted by atomic mass is 10.1. The van der Waals surface area contributed by atoms with Crippen LogP contribution in [-0.4, -0.2) is 51.4 Å². The van der Waals surface area contributed by atoms with Crippen molar-refractivity contribution in [1.29, 1.82) is 0 Å². The van der Waals surface area contributed by atoms with Crippen molar-refractivity contribution >= 4 is 27.5 Å². The van der Waals surface area contributed by atoms with Gasteiger partial charge >= 0.3 is 0 Å². The maximum absolute atomic E-state index is 14.1. The van der Waals surface area contributed by atoms with Crippen molar-refractivity contribution in [2.45, 2.75) is 58.5 Å². The number of sulfonamides is 1. The fraction of sp³-hybridized carbons (Fsp3) is 0.375. The van der Waals surface area contributed by atoms with E-state index in [1.54, 1.807) is 67.8 Å². The van der Waals surface area contributed by atoms with Crippen molar-refractivity contribution in [3.63, 3.8) is 0 Å². The van der Waals surface area contributed by atoms with E-state index in [1.807, 2.05) is 46.8 Å². The van der Waals surface area contributed by atoms with Gasteiger partial charge in [0.25, 0.3) is 10.0 Å². The smallest absolute Gasteiger partial charge is 0.264 e. The second kappa shape index (κ2) is 14.2. The molecule has 0 saturated carbocycles. The maximum atomic E-state index is 14.1. The Kier molecular flexibility index (Phi) is 10.9. The van der Waals surface area contributed by atoms with E-state index in [-0.39, 0.29) is 23.3 Å². The van der Waals surface area contributed by atoms with Crippen molar-refractivity contribution in [2.75, 3.05) is 24.5 Å². The molecule has 3 aromatic carbocycles. The molecule has 3 rings (SSSR count). The van der Waals surface area contributed by atoms with Gasteiger partial charge in [-0.25, -0.2) is 8.42 Å². The minimum absolute atomic E-state index is 0.0832. The largest absolute Gasteiger partial charge is 0.497 e. The van der Waals surface area contributed by atoms with Gasteiger partial charge in [0.05, 0.1) is 17.7 Å². The number of benzene rings is 3. The van der Waals surface area contributed by atoms with Crippen LogP contribution in [0.2, 0.25) is 0 Å². The molecule has 0 radical (unpaired) electrons. The third-order valence-electron chi connectivity index (χ3n) is 6.79. The summed E-state index contributed by atoms with van der Waals surface area (Å²) in [6, 6.07) is 20.0. The molecule has 8 nitrogen and oxygen atoms in total. The van der Waals surface area contributed by atoms with E-state index in [4.69, 9.17) is 4.74 Å². The zero-order chi connectivity index (χ0) is 30.2. The molecule has 0 heterocycles. The minimum atomic E-state index is -4.10. The number of hydrogen-bond donors (Lipinski definition) is 1. The molecule has 0 aromatic heterocycles. The van der Waals surface area contributed by atoms with Crippen LogP contribution in [0.1, 0.15) is 43.9 Å². The molecule has 1 N–H and O–H groups in total. The van der Waals surface area contributed by atoms with Crippen LogP contribution in [0.15, 0.2) is 77.7 Å². The molecule has 0 aliphatic heterocycles. The van der Waals surface area contributed by atoms with E-state index < -0.39 is 28.5 Å². The fourth-order valence-corrected chi connectivity index (χ4v) is 5.76. The van der Waals surface area contributed by atoms with Gasteiger partial charge in [0, 0.05) is 13.1 Å². The van der Waals surface area contributed by atoms with Crippen LogP contribution >= 0.6 is 0 Å². The van der Waals surface area contributed by atoms with Gasteiger partial charge < -0.3 is 15.0 Å². The van der Waals surface area contributed by atoms with Gasteiger partial charge in [0.2, 0.25) is 11.8 Å². The number of aryl methyl sites for hydroxylation is 2. The summed E-state index contributed by atoms with van der Waals surface area (Å²) in [6.07, 6.45) is 0.362. The van der Waals surface area contributed by atoms with Crippen LogP contribution in [0, 0.1) is 19.8 Å². The highest BCUT2D eigenvalue weighted by atomic mass is 32.2. The lowest BCUT2D eigenvalue weighted by Crippen LogP contribution is -2.52. The summed E-state index contributed by atoms with van der Waals surface area (Å²) in [4.78, 5) is 29.0. The van der Waals surface area contributed by atoms with Crippen LogP contribution in [0.25, 0.3) is 0 Å². The number of anilines is 1. The van der Waals surface area contributed by atoms with Crippen molar-refractivity contribution in [3.05, 3.63) is 89.5 Å². The van der Waals surface area contributed by atoms with Gasteiger partial charge in [-0.2, -0.15) is 0 Å². The summed E-state index contributed by atoms with van der Waals surface area (Å²) in [5.41, 5.74) is 3.04. The van der Waals surface area contributed by atoms with Crippen LogP contribution in [-0.2, 0) is 26.2 Å². The third-order valence-corrected chi connectivity index (χ3v) is 8.58. The first-order valence-electron chi connectivity index (χ1n) is 13.8. The lowest BCUT2D eigenvalue weighted by molar-refractivity contribution is -0.140. The molecule has 0 bridgehead atoms. The number of nitrogens with zero attached hydrogens (tertiary/aromatic N) is 2. The minimum Gasteiger partial charge on any atom is -0.497 e. The van der Waals surface area contributed by atoms with Crippen LogP contribution in [0.4, 0.5) is 5.69 Å². The SMILES string of the molecule is CCC(C(=O)NCC(C)C)N(Cc1ccc(OC)cc1)C(=O)CN(c1ccc(C)cc1)S(=O)(=O)c1ccc(C)cc1. The van der Waals surface area contributed by atoms with Gasteiger partial charge in [-0.3, -0.25) is 13.9 Å². The second-order valence-electron chi connectivity index (χ2n) is 10.6. The summed E-state index contributed by atoms with van der Waals surface area (Å²) >= 11 is 0. The van der Waals surface area contributed by atoms with Gasteiger partial charge in [-0.05, 0) is 68.1 Å². The number of carbonyl (C=O) groups excluding carboxylic acids is 2. The molecule has 0 fully saturated rings. The van der Waals surface area contributed by atoms with Gasteiger partial charge in [0.1, 0.15) is 18.3 Å². The monoisotopic (exact) mass is 579 g/mol. The summed E-state index contributed by atoms with van der Waals surface area (Å²) in [6.45, 7) is 9.75. The van der Waals surface area contributed by atoms with Gasteiger partial charge in [-0.15, -0.1) is 0 Å². The Hall–Kier alpha value is -3.85. The van der Waals surface area contributed by atoms with Crippen LogP contribution in [0.5, 0.6) is 5.75 Å². The first kappa shape index (κ1) is 31.7. The number of hydrogen-bond acceptors (Lipinski definition) is 5. The average molecular weight is 580 g/mol. The fourth-order valence-electron chi connectivity index (χ4n) is 4.35. The Balaban J connectivity index is 2.03. The Labute approximate surface area is 244 Å². The van der Waals surface area contributed by atoms with Gasteiger partial charge in [-0.1, -0.05) is 68.3 Å². The molecule has 220 valence electrons. The first-order valence-corrected chi connectivity index (χ1v) is 15.3. The molecular formula is C32H41N3O5S. The Morgan fingerprint density at radius 1 is 0.878 bits per heavy atom. The molecule has 0 saturated heterocycles. The molecule has 9 heteroatoms. The summed E-state index contributed by atoms with van der Waals surface area (Å²) in [5.74, 6) is 0.150. The summed E-state index contributed by atoms with van der Waals surface area (Å²) in [5, 5.41) is 2.94. The topological polar surface area (TPSA) is 96.0 Å². The van der Waals surface area contributed by atoms with Crippen molar-refractivity contribution in [3.8, 4) is 5.75 Å². The first-order chi connectivity index (χ1) is 19.5. The Bertz CT molecular complexity index is 1400. The highest BCUT2D eigenvalue weighted by Gasteiger charge is 2.33. The number of ether oxygens (including phenoxy) is 1. The normalized spacial score (nSPS) is 12.1. The summed E-state index contributed by atoms with van der Waals surface area (Å²) in [7, 11) is -2.52. The predicted molar refractivity (Wildman–Crippen MR) is 162 cm³/mol. The predicted octanol–water partition coefficient (Wildman–Crippen LogP) is 5.09. The zero-order valence-electron chi connectivity index (χ0n) is 24.8. The van der Waals surface area contributed by atoms with Crippen molar-refractivity contribution in [1.82, 2.24) is 10.2 Å². The quantitative estimate of drug-likeness (QED) is 0.305. The standard InChI is InChI=1S/C32H41N3O5S/c1-7-30(32(37)33-20-23(2)3)34(21-26-12-16-28(40-6)17-13-26)31(36)22-35(27-14-8-24(4)9-15-27)41(38,39)29-18-10-25(5)11-19-29/h8-19,23,30H,7,20-22H2,1-6H3,(H,33,37). The third kappa shape index (κ3) is 8.33. The van der Waals surface area contributed by atoms with E-state index in [0.717, 1.165) is 21.0 Å². The van der Waals surface area contributed by atoms with E-state index >= 15 is 0 Å². The summed E-state index contributed by atoms with van der Waals surface area (Å²) < 4.78 is 34.2. The van der Waals surface area contributed by atoms with Crippen molar-refractivity contribution in [2.24, 2.45) is 5.92 Å². The van der Waals surface area contributed by atoms with E-state index in [9.17, 15) is 18.0 Å². The highest BCUT2D eigenvalue weighted by Crippen LogP contribution is 2.26. The number of methoxy groups -OCH3 is 1. The Morgan fingerprint density at radius 3 is 1.95 bits per heavy atom. The number of rotatable bonds is 13. The molecule has 1 atom stereocenters. The maximum Gasteiger partial charge on any atom is 0.264 e. The molecule has 0 aliphatic rings. The Morgan fingerprint density at radius 2 is 1.44 bits per heavy atom. The second-order valence-corrected chi connectivity index (χ2v) is 12.5. The van der Waals surface area contributed by atoms with Crippen molar-refractivity contribution < 1.29 is 22.7 Å². The van der Waals surface area contributed by atoms with E-state index in [1.165, 1.54) is 4.90 Å². The van der Waals surface area contributed by atoms with Crippen LogP contribution < -0.4 is 14.4 Å². The molecule has 41 heavy (non-hydrogen) atoms. The lowest BCUT2D eigenvalue weighted by Gasteiger charge is -2.33. The number of nitrogens with one attached hydrogen (secondary N) is 1. The number of carbonyl (C=O) groups is 2. The molecule has 2 amide bonds. The number of amides is 2. The van der Waals surface area contributed by atoms with E-state index in [2.05, 4.69) is 5.32 Å². The molecule has 1 unspecified atom stereocenters. The molecule has 3 aromatic rings. The highest BCUT2D eigenvalue weighted by molar-refractivity contribution is 7.92. The average Bonchev–Trinajstić information content (AvgIpc) is 2.95. The molecular weight excluding hydrogens is 538 g/mol. The van der Waals surface area contributed by atoms with E-state index in [0.29, 0.717) is 24.4 Å².